The molecule has 0 bridgehead atoms. The van der Waals surface area contributed by atoms with E-state index in [9.17, 15) is 4.79 Å². The number of carboxylic acid groups (broad SMARTS) is 1. The SMILES string of the molecule is CC(C)c1[nH]nc(C(=O)O)c1CCO. The van der Waals surface area contributed by atoms with E-state index in [2.05, 4.69) is 10.2 Å². The first kappa shape index (κ1) is 10.7. The van der Waals surface area contributed by atoms with Crippen LogP contribution < -0.4 is 0 Å². The van der Waals surface area contributed by atoms with Gasteiger partial charge in [-0.3, -0.25) is 5.10 Å². The minimum Gasteiger partial charge on any atom is -0.476 e. The topological polar surface area (TPSA) is 86.2 Å². The normalized spacial score (nSPS) is 10.9. The first-order valence-electron chi connectivity index (χ1n) is 4.49. The minimum atomic E-state index is -1.06. The van der Waals surface area contributed by atoms with Gasteiger partial charge >= 0.3 is 5.97 Å². The molecular formula is C9H14N2O3. The lowest BCUT2D eigenvalue weighted by atomic mass is 10.0. The Labute approximate surface area is 81.8 Å². The van der Waals surface area contributed by atoms with Gasteiger partial charge in [0.2, 0.25) is 0 Å². The van der Waals surface area contributed by atoms with Crippen LogP contribution in [-0.2, 0) is 6.42 Å². The van der Waals surface area contributed by atoms with Crippen molar-refractivity contribution in [1.29, 1.82) is 0 Å². The Hall–Kier alpha value is -1.36. The fourth-order valence-corrected chi connectivity index (χ4v) is 1.40. The van der Waals surface area contributed by atoms with Gasteiger partial charge in [0.15, 0.2) is 5.69 Å². The van der Waals surface area contributed by atoms with Crippen molar-refractivity contribution in [3.8, 4) is 0 Å². The summed E-state index contributed by atoms with van der Waals surface area (Å²) in [6.45, 7) is 3.82. The summed E-state index contributed by atoms with van der Waals surface area (Å²) in [5, 5.41) is 24.1. The van der Waals surface area contributed by atoms with Crippen LogP contribution in [0.1, 0.15) is 41.5 Å². The number of rotatable bonds is 4. The van der Waals surface area contributed by atoms with E-state index in [0.717, 1.165) is 5.69 Å². The number of nitrogens with one attached hydrogen (secondary N) is 1. The first-order chi connectivity index (χ1) is 6.57. The number of aromatic nitrogens is 2. The van der Waals surface area contributed by atoms with E-state index in [4.69, 9.17) is 10.2 Å². The number of hydrogen-bond donors (Lipinski definition) is 3. The number of aliphatic hydroxyl groups excluding tert-OH is 1. The van der Waals surface area contributed by atoms with Crippen LogP contribution in [0.5, 0.6) is 0 Å². The van der Waals surface area contributed by atoms with E-state index >= 15 is 0 Å². The van der Waals surface area contributed by atoms with E-state index in [1.165, 1.54) is 0 Å². The number of carboxylic acids is 1. The lowest BCUT2D eigenvalue weighted by Gasteiger charge is -2.04. The second kappa shape index (κ2) is 4.23. The molecule has 0 saturated heterocycles. The molecule has 5 nitrogen and oxygen atoms in total. The van der Waals surface area contributed by atoms with Crippen molar-refractivity contribution in [1.82, 2.24) is 10.2 Å². The summed E-state index contributed by atoms with van der Waals surface area (Å²) in [4.78, 5) is 10.8. The van der Waals surface area contributed by atoms with Crippen molar-refractivity contribution < 1.29 is 15.0 Å². The molecule has 0 aliphatic carbocycles. The highest BCUT2D eigenvalue weighted by molar-refractivity contribution is 5.87. The second-order valence-electron chi connectivity index (χ2n) is 3.40. The molecule has 14 heavy (non-hydrogen) atoms. The third-order valence-corrected chi connectivity index (χ3v) is 2.04. The smallest absolute Gasteiger partial charge is 0.356 e. The van der Waals surface area contributed by atoms with Crippen LogP contribution in [0.4, 0.5) is 0 Å². The summed E-state index contributed by atoms with van der Waals surface area (Å²) in [7, 11) is 0. The fraction of sp³-hybridized carbons (Fsp3) is 0.556. The summed E-state index contributed by atoms with van der Waals surface area (Å²) < 4.78 is 0. The predicted octanol–water partition coefficient (Wildman–Crippen LogP) is 0.766. The zero-order chi connectivity index (χ0) is 10.7. The highest BCUT2D eigenvalue weighted by Crippen LogP contribution is 2.20. The molecule has 0 aliphatic heterocycles. The van der Waals surface area contributed by atoms with E-state index in [-0.39, 0.29) is 18.2 Å². The molecule has 5 heteroatoms. The van der Waals surface area contributed by atoms with Gasteiger partial charge in [-0.15, -0.1) is 0 Å². The molecule has 3 N–H and O–H groups in total. The van der Waals surface area contributed by atoms with Gasteiger partial charge in [-0.1, -0.05) is 13.8 Å². The molecule has 0 fully saturated rings. The molecular weight excluding hydrogens is 184 g/mol. The molecule has 0 amide bonds. The lowest BCUT2D eigenvalue weighted by Crippen LogP contribution is -2.05. The van der Waals surface area contributed by atoms with E-state index in [1.54, 1.807) is 0 Å². The third-order valence-electron chi connectivity index (χ3n) is 2.04. The number of hydrogen-bond acceptors (Lipinski definition) is 3. The summed E-state index contributed by atoms with van der Waals surface area (Å²) in [5.41, 5.74) is 1.41. The Balaban J connectivity index is 3.13. The summed E-state index contributed by atoms with van der Waals surface area (Å²) in [6, 6.07) is 0. The first-order valence-corrected chi connectivity index (χ1v) is 4.49. The average Bonchev–Trinajstić information content (AvgIpc) is 2.48. The number of aliphatic hydroxyl groups is 1. The maximum Gasteiger partial charge on any atom is 0.356 e. The van der Waals surface area contributed by atoms with Gasteiger partial charge in [-0.2, -0.15) is 5.10 Å². The Morgan fingerprint density at radius 1 is 1.57 bits per heavy atom. The summed E-state index contributed by atoms with van der Waals surface area (Å²) >= 11 is 0. The van der Waals surface area contributed by atoms with Gasteiger partial charge in [-0.25, -0.2) is 4.79 Å². The molecule has 0 atom stereocenters. The summed E-state index contributed by atoms with van der Waals surface area (Å²) in [6.07, 6.45) is 0.325. The number of aromatic amines is 1. The minimum absolute atomic E-state index is 0.0164. The van der Waals surface area contributed by atoms with E-state index < -0.39 is 5.97 Å². The van der Waals surface area contributed by atoms with E-state index in [1.807, 2.05) is 13.8 Å². The van der Waals surface area contributed by atoms with Crippen LogP contribution in [0.3, 0.4) is 0 Å². The molecule has 0 saturated carbocycles. The van der Waals surface area contributed by atoms with Crippen molar-refractivity contribution in [3.63, 3.8) is 0 Å². The van der Waals surface area contributed by atoms with Crippen LogP contribution in [0.2, 0.25) is 0 Å². The van der Waals surface area contributed by atoms with E-state index in [0.29, 0.717) is 12.0 Å². The Morgan fingerprint density at radius 3 is 2.64 bits per heavy atom. The van der Waals surface area contributed by atoms with Crippen LogP contribution in [0, 0.1) is 0 Å². The predicted molar refractivity (Wildman–Crippen MR) is 50.4 cm³/mol. The van der Waals surface area contributed by atoms with Gasteiger partial charge in [0, 0.05) is 17.9 Å². The standard InChI is InChI=1S/C9H14N2O3/c1-5(2)7-6(3-4-12)8(9(13)14)11-10-7/h5,12H,3-4H2,1-2H3,(H,10,11)(H,13,14). The highest BCUT2D eigenvalue weighted by atomic mass is 16.4. The van der Waals surface area contributed by atoms with Gasteiger partial charge < -0.3 is 10.2 Å². The molecule has 0 spiro atoms. The van der Waals surface area contributed by atoms with Crippen LogP contribution in [0.25, 0.3) is 0 Å². The number of aromatic carboxylic acids is 1. The van der Waals surface area contributed by atoms with Crippen molar-refractivity contribution in [2.75, 3.05) is 6.61 Å². The fourth-order valence-electron chi connectivity index (χ4n) is 1.40. The maximum absolute atomic E-state index is 10.8. The molecule has 0 radical (unpaired) electrons. The van der Waals surface area contributed by atoms with Gasteiger partial charge in [0.05, 0.1) is 0 Å². The summed E-state index contributed by atoms with van der Waals surface area (Å²) in [5.74, 6) is -0.881. The molecule has 1 heterocycles. The molecule has 1 aromatic heterocycles. The Bertz CT molecular complexity index is 331. The third kappa shape index (κ3) is 1.93. The van der Waals surface area contributed by atoms with Crippen molar-refractivity contribution in [2.24, 2.45) is 0 Å². The van der Waals surface area contributed by atoms with Crippen LogP contribution in [-0.4, -0.2) is 33.0 Å². The van der Waals surface area contributed by atoms with Crippen molar-refractivity contribution in [2.45, 2.75) is 26.2 Å². The van der Waals surface area contributed by atoms with Crippen LogP contribution in [0.15, 0.2) is 0 Å². The van der Waals surface area contributed by atoms with Gasteiger partial charge in [-0.05, 0) is 12.3 Å². The highest BCUT2D eigenvalue weighted by Gasteiger charge is 2.19. The molecule has 1 aromatic rings. The zero-order valence-corrected chi connectivity index (χ0v) is 8.24. The number of H-pyrrole nitrogens is 1. The monoisotopic (exact) mass is 198 g/mol. The van der Waals surface area contributed by atoms with Gasteiger partial charge in [0.25, 0.3) is 0 Å². The Kier molecular flexibility index (Phi) is 3.24. The average molecular weight is 198 g/mol. The number of carbonyl (C=O) groups is 1. The zero-order valence-electron chi connectivity index (χ0n) is 8.24. The van der Waals surface area contributed by atoms with Crippen molar-refractivity contribution >= 4 is 5.97 Å². The molecule has 0 unspecified atom stereocenters. The second-order valence-corrected chi connectivity index (χ2v) is 3.40. The maximum atomic E-state index is 10.8. The quantitative estimate of drug-likeness (QED) is 0.666. The molecule has 0 aliphatic rings. The Morgan fingerprint density at radius 2 is 2.21 bits per heavy atom. The molecule has 1 rings (SSSR count). The lowest BCUT2D eigenvalue weighted by molar-refractivity contribution is 0.0689. The largest absolute Gasteiger partial charge is 0.476 e. The van der Waals surface area contributed by atoms with Crippen LogP contribution >= 0.6 is 0 Å². The van der Waals surface area contributed by atoms with Gasteiger partial charge in [0.1, 0.15) is 0 Å². The number of nitrogens with zero attached hydrogens (tertiary/aromatic N) is 1. The molecule has 78 valence electrons. The molecule has 0 aromatic carbocycles. The van der Waals surface area contributed by atoms with Crippen molar-refractivity contribution in [3.05, 3.63) is 17.0 Å².